The molecular formula is C15H27N5O. The van der Waals surface area contributed by atoms with Crippen molar-refractivity contribution >= 4 is 6.41 Å². The van der Waals surface area contributed by atoms with E-state index in [1.807, 2.05) is 0 Å². The quantitative estimate of drug-likeness (QED) is 0.769. The van der Waals surface area contributed by atoms with Crippen molar-refractivity contribution in [3.05, 3.63) is 12.7 Å². The van der Waals surface area contributed by atoms with Crippen molar-refractivity contribution in [1.82, 2.24) is 24.6 Å². The number of aromatic nitrogens is 3. The highest BCUT2D eigenvalue weighted by Crippen LogP contribution is 2.36. The Balaban J connectivity index is 0.000000194. The van der Waals surface area contributed by atoms with E-state index in [-0.39, 0.29) is 0 Å². The van der Waals surface area contributed by atoms with E-state index in [1.165, 1.54) is 58.0 Å². The maximum Gasteiger partial charge on any atom is 0.235 e. The molecule has 0 N–H and O–H groups in total. The highest BCUT2D eigenvalue weighted by Gasteiger charge is 2.42. The van der Waals surface area contributed by atoms with Crippen molar-refractivity contribution in [2.75, 3.05) is 26.7 Å². The molecule has 1 aromatic heterocycles. The number of rotatable bonds is 2. The molecule has 0 aromatic carbocycles. The second-order valence-electron chi connectivity index (χ2n) is 6.40. The first-order chi connectivity index (χ1) is 10.1. The third kappa shape index (κ3) is 3.89. The van der Waals surface area contributed by atoms with Crippen molar-refractivity contribution < 1.29 is 4.79 Å². The molecule has 2 aliphatic heterocycles. The molecule has 0 radical (unpaired) electrons. The van der Waals surface area contributed by atoms with Crippen LogP contribution in [-0.2, 0) is 4.79 Å². The molecule has 1 atom stereocenters. The Labute approximate surface area is 127 Å². The summed E-state index contributed by atoms with van der Waals surface area (Å²) in [6, 6.07) is 0.723. The monoisotopic (exact) mass is 293 g/mol. The van der Waals surface area contributed by atoms with Crippen molar-refractivity contribution in [2.24, 2.45) is 0 Å². The summed E-state index contributed by atoms with van der Waals surface area (Å²) in [5.41, 5.74) is 0.544. The molecule has 0 saturated carbocycles. The highest BCUT2D eigenvalue weighted by molar-refractivity contribution is 5.48. The van der Waals surface area contributed by atoms with Crippen LogP contribution in [0.15, 0.2) is 12.7 Å². The van der Waals surface area contributed by atoms with Crippen LogP contribution < -0.4 is 0 Å². The van der Waals surface area contributed by atoms with E-state index in [2.05, 4.69) is 40.8 Å². The van der Waals surface area contributed by atoms with Crippen molar-refractivity contribution in [3.63, 3.8) is 0 Å². The SMILES string of the molecule is CC(C)N1CCCC2(CCCN2C)C1.O=Cn1cncn1. The number of hydrogen-bond acceptors (Lipinski definition) is 5. The van der Waals surface area contributed by atoms with Gasteiger partial charge in [0.05, 0.1) is 0 Å². The molecule has 21 heavy (non-hydrogen) atoms. The third-order valence-electron chi connectivity index (χ3n) is 4.81. The van der Waals surface area contributed by atoms with Gasteiger partial charge in [-0.2, -0.15) is 9.78 Å². The average Bonchev–Trinajstić information content (AvgIpc) is 3.11. The maximum atomic E-state index is 9.73. The Bertz CT molecular complexity index is 433. The van der Waals surface area contributed by atoms with Gasteiger partial charge in [0, 0.05) is 18.1 Å². The molecule has 3 rings (SSSR count). The van der Waals surface area contributed by atoms with Gasteiger partial charge in [0.1, 0.15) is 12.7 Å². The van der Waals surface area contributed by atoms with Crippen LogP contribution in [0.2, 0.25) is 0 Å². The van der Waals surface area contributed by atoms with Crippen LogP contribution in [0.5, 0.6) is 0 Å². The lowest BCUT2D eigenvalue weighted by Crippen LogP contribution is -2.55. The van der Waals surface area contributed by atoms with Gasteiger partial charge in [0.2, 0.25) is 6.41 Å². The summed E-state index contributed by atoms with van der Waals surface area (Å²) in [7, 11) is 2.32. The molecule has 6 nitrogen and oxygen atoms in total. The Morgan fingerprint density at radius 2 is 1.95 bits per heavy atom. The Kier molecular flexibility index (Phi) is 5.47. The highest BCUT2D eigenvalue weighted by atomic mass is 16.1. The lowest BCUT2D eigenvalue weighted by atomic mass is 9.86. The van der Waals surface area contributed by atoms with Crippen LogP contribution in [0.1, 0.15) is 39.5 Å². The molecule has 0 amide bonds. The van der Waals surface area contributed by atoms with Crippen molar-refractivity contribution in [3.8, 4) is 0 Å². The lowest BCUT2D eigenvalue weighted by Gasteiger charge is -2.46. The van der Waals surface area contributed by atoms with Crippen LogP contribution in [0, 0.1) is 0 Å². The zero-order valence-corrected chi connectivity index (χ0v) is 13.4. The minimum atomic E-state index is 0.544. The number of likely N-dealkylation sites (tertiary alicyclic amines) is 2. The minimum absolute atomic E-state index is 0.544. The summed E-state index contributed by atoms with van der Waals surface area (Å²) in [6.45, 7) is 8.59. The van der Waals surface area contributed by atoms with Crippen molar-refractivity contribution in [2.45, 2.75) is 51.1 Å². The van der Waals surface area contributed by atoms with E-state index in [9.17, 15) is 4.79 Å². The Morgan fingerprint density at radius 3 is 2.43 bits per heavy atom. The van der Waals surface area contributed by atoms with E-state index in [0.29, 0.717) is 11.9 Å². The van der Waals surface area contributed by atoms with Crippen LogP contribution in [0.4, 0.5) is 0 Å². The van der Waals surface area contributed by atoms with E-state index < -0.39 is 0 Å². The Hall–Kier alpha value is -1.27. The largest absolute Gasteiger partial charge is 0.299 e. The van der Waals surface area contributed by atoms with Gasteiger partial charge in [-0.05, 0) is 59.7 Å². The zero-order valence-electron chi connectivity index (χ0n) is 13.4. The molecule has 0 bridgehead atoms. The van der Waals surface area contributed by atoms with Crippen LogP contribution in [0.3, 0.4) is 0 Å². The van der Waals surface area contributed by atoms with Gasteiger partial charge >= 0.3 is 0 Å². The third-order valence-corrected chi connectivity index (χ3v) is 4.81. The number of piperidine rings is 1. The second-order valence-corrected chi connectivity index (χ2v) is 6.40. The van der Waals surface area contributed by atoms with E-state index in [0.717, 1.165) is 10.7 Å². The van der Waals surface area contributed by atoms with Gasteiger partial charge in [-0.25, -0.2) is 4.98 Å². The summed E-state index contributed by atoms with van der Waals surface area (Å²) in [5.74, 6) is 0. The first-order valence-electron chi connectivity index (χ1n) is 7.82. The average molecular weight is 293 g/mol. The van der Waals surface area contributed by atoms with Gasteiger partial charge in [0.15, 0.2) is 0 Å². The fourth-order valence-corrected chi connectivity index (χ4v) is 3.45. The number of likely N-dealkylation sites (N-methyl/N-ethyl adjacent to an activating group) is 1. The molecule has 1 unspecified atom stereocenters. The van der Waals surface area contributed by atoms with Crippen LogP contribution in [-0.4, -0.2) is 69.2 Å². The smallest absolute Gasteiger partial charge is 0.235 e. The summed E-state index contributed by atoms with van der Waals surface area (Å²) >= 11 is 0. The predicted molar refractivity (Wildman–Crippen MR) is 82.7 cm³/mol. The van der Waals surface area contributed by atoms with Gasteiger partial charge < -0.3 is 0 Å². The summed E-state index contributed by atoms with van der Waals surface area (Å²) in [5, 5.41) is 3.47. The molecule has 2 fully saturated rings. The summed E-state index contributed by atoms with van der Waals surface area (Å²) in [6.07, 6.45) is 8.85. The first kappa shape index (κ1) is 16.1. The van der Waals surface area contributed by atoms with Gasteiger partial charge in [-0.15, -0.1) is 0 Å². The van der Waals surface area contributed by atoms with Crippen LogP contribution >= 0.6 is 0 Å². The summed E-state index contributed by atoms with van der Waals surface area (Å²) in [4.78, 5) is 18.5. The molecule has 118 valence electrons. The molecule has 1 aromatic rings. The predicted octanol–water partition coefficient (Wildman–Crippen LogP) is 1.27. The lowest BCUT2D eigenvalue weighted by molar-refractivity contribution is 0.0420. The molecular weight excluding hydrogens is 266 g/mol. The molecule has 0 aliphatic carbocycles. The van der Waals surface area contributed by atoms with E-state index in [4.69, 9.17) is 0 Å². The molecule has 2 saturated heterocycles. The number of carbonyl (C=O) groups is 1. The van der Waals surface area contributed by atoms with Gasteiger partial charge in [-0.3, -0.25) is 14.6 Å². The van der Waals surface area contributed by atoms with E-state index in [1.54, 1.807) is 0 Å². The minimum Gasteiger partial charge on any atom is -0.299 e. The fraction of sp³-hybridized carbons (Fsp3) is 0.800. The zero-order chi connectivity index (χ0) is 15.3. The second kappa shape index (κ2) is 7.13. The number of nitrogens with zero attached hydrogens (tertiary/aromatic N) is 5. The normalized spacial score (nSPS) is 26.9. The summed E-state index contributed by atoms with van der Waals surface area (Å²) < 4.78 is 1.08. The van der Waals surface area contributed by atoms with Gasteiger partial charge in [0.25, 0.3) is 0 Å². The van der Waals surface area contributed by atoms with Crippen molar-refractivity contribution in [1.29, 1.82) is 0 Å². The maximum absolute atomic E-state index is 9.73. The molecule has 1 spiro atoms. The van der Waals surface area contributed by atoms with E-state index >= 15 is 0 Å². The standard InChI is InChI=1S/C12H24N2.C3H3N3O/c1-11(2)14-9-5-7-12(10-14)6-4-8-13(12)3;7-3-6-2-4-1-5-6/h11H,4-10H2,1-3H3;1-3H. The van der Waals surface area contributed by atoms with Crippen LogP contribution in [0.25, 0.3) is 0 Å². The fourth-order valence-electron chi connectivity index (χ4n) is 3.45. The number of hydrogen-bond donors (Lipinski definition) is 0. The van der Waals surface area contributed by atoms with Gasteiger partial charge in [-0.1, -0.05) is 0 Å². The molecule has 3 heterocycles. The molecule has 6 heteroatoms. The molecule has 2 aliphatic rings. The number of carbonyl (C=O) groups excluding carboxylic acids is 1. The Morgan fingerprint density at radius 1 is 1.24 bits per heavy atom. The topological polar surface area (TPSA) is 54.3 Å². The first-order valence-corrected chi connectivity index (χ1v) is 7.82.